The fourth-order valence-corrected chi connectivity index (χ4v) is 2.07. The van der Waals surface area contributed by atoms with E-state index in [9.17, 15) is 9.18 Å². The molecule has 1 aliphatic carbocycles. The number of halogens is 1. The van der Waals surface area contributed by atoms with E-state index in [4.69, 9.17) is 5.11 Å². The zero-order valence-corrected chi connectivity index (χ0v) is 8.82. The van der Waals surface area contributed by atoms with Crippen molar-refractivity contribution in [1.82, 2.24) is 0 Å². The van der Waals surface area contributed by atoms with E-state index in [1.807, 2.05) is 0 Å². The van der Waals surface area contributed by atoms with Crippen molar-refractivity contribution in [2.24, 2.45) is 0 Å². The zero-order valence-electron chi connectivity index (χ0n) is 8.82. The molecule has 1 atom stereocenters. The molecule has 1 N–H and O–H groups in total. The summed E-state index contributed by atoms with van der Waals surface area (Å²) in [6.45, 7) is 0. The number of hydrogen-bond acceptors (Lipinski definition) is 1. The third-order valence-electron chi connectivity index (χ3n) is 3.03. The van der Waals surface area contributed by atoms with E-state index >= 15 is 0 Å². The smallest absolute Gasteiger partial charge is 0.331 e. The highest BCUT2D eigenvalue weighted by atomic mass is 19.1. The summed E-state index contributed by atoms with van der Waals surface area (Å²) in [7, 11) is 0. The Morgan fingerprint density at radius 2 is 2.00 bits per heavy atom. The number of carboxylic acid groups (broad SMARTS) is 1. The van der Waals surface area contributed by atoms with Crippen molar-refractivity contribution in [3.8, 4) is 0 Å². The van der Waals surface area contributed by atoms with E-state index in [1.165, 1.54) is 12.1 Å². The van der Waals surface area contributed by atoms with Crippen LogP contribution in [0.1, 0.15) is 30.7 Å². The van der Waals surface area contributed by atoms with Gasteiger partial charge in [0.05, 0.1) is 0 Å². The van der Waals surface area contributed by atoms with E-state index in [2.05, 4.69) is 0 Å². The fourth-order valence-electron chi connectivity index (χ4n) is 2.07. The Morgan fingerprint density at radius 1 is 1.31 bits per heavy atom. The van der Waals surface area contributed by atoms with E-state index in [1.54, 1.807) is 18.2 Å². The average Bonchev–Trinajstić information content (AvgIpc) is 2.30. The monoisotopic (exact) mass is 220 g/mol. The molecule has 0 fully saturated rings. The quantitative estimate of drug-likeness (QED) is 0.831. The minimum Gasteiger partial charge on any atom is -0.478 e. The van der Waals surface area contributed by atoms with Crippen LogP contribution in [0.25, 0.3) is 0 Å². The summed E-state index contributed by atoms with van der Waals surface area (Å²) >= 11 is 0. The largest absolute Gasteiger partial charge is 0.478 e. The number of benzene rings is 1. The van der Waals surface area contributed by atoms with Crippen molar-refractivity contribution >= 4 is 5.97 Å². The highest BCUT2D eigenvalue weighted by molar-refractivity contribution is 5.86. The number of rotatable bonds is 2. The summed E-state index contributed by atoms with van der Waals surface area (Å²) in [6.07, 6.45) is 3.92. The zero-order chi connectivity index (χ0) is 11.5. The number of carbonyl (C=O) groups is 1. The van der Waals surface area contributed by atoms with Gasteiger partial charge in [-0.15, -0.1) is 0 Å². The van der Waals surface area contributed by atoms with Gasteiger partial charge < -0.3 is 5.11 Å². The van der Waals surface area contributed by atoms with Crippen LogP contribution in [-0.4, -0.2) is 11.1 Å². The highest BCUT2D eigenvalue weighted by Crippen LogP contribution is 2.32. The lowest BCUT2D eigenvalue weighted by Crippen LogP contribution is -2.09. The van der Waals surface area contributed by atoms with Crippen LogP contribution in [0.15, 0.2) is 35.9 Å². The lowest BCUT2D eigenvalue weighted by atomic mass is 9.85. The van der Waals surface area contributed by atoms with Crippen molar-refractivity contribution in [2.45, 2.75) is 25.2 Å². The second-order valence-electron chi connectivity index (χ2n) is 4.06. The lowest BCUT2D eigenvalue weighted by Gasteiger charge is -2.20. The van der Waals surface area contributed by atoms with E-state index in [0.29, 0.717) is 17.9 Å². The molecule has 0 bridgehead atoms. The molecule has 1 aromatic carbocycles. The third-order valence-corrected chi connectivity index (χ3v) is 3.03. The molecule has 0 aromatic heterocycles. The second kappa shape index (κ2) is 4.47. The predicted octanol–water partition coefficient (Wildman–Crippen LogP) is 3.10. The van der Waals surface area contributed by atoms with Crippen molar-refractivity contribution in [1.29, 1.82) is 0 Å². The molecular weight excluding hydrogens is 207 g/mol. The minimum absolute atomic E-state index is 0.235. The number of allylic oxidation sites excluding steroid dienone is 1. The van der Waals surface area contributed by atoms with Crippen LogP contribution in [0.5, 0.6) is 0 Å². The van der Waals surface area contributed by atoms with Crippen molar-refractivity contribution in [3.05, 3.63) is 47.3 Å². The van der Waals surface area contributed by atoms with Crippen LogP contribution in [0.4, 0.5) is 4.39 Å². The predicted molar refractivity (Wildman–Crippen MR) is 58.7 cm³/mol. The van der Waals surface area contributed by atoms with Crippen LogP contribution in [0.3, 0.4) is 0 Å². The van der Waals surface area contributed by atoms with E-state index in [-0.39, 0.29) is 5.82 Å². The van der Waals surface area contributed by atoms with Gasteiger partial charge in [-0.05, 0) is 42.9 Å². The Kier molecular flexibility index (Phi) is 3.04. The molecule has 0 spiro atoms. The fraction of sp³-hybridized carbons (Fsp3) is 0.308. The lowest BCUT2D eigenvalue weighted by molar-refractivity contribution is -0.132. The van der Waals surface area contributed by atoms with Crippen LogP contribution < -0.4 is 0 Å². The van der Waals surface area contributed by atoms with Gasteiger partial charge in [-0.25, -0.2) is 9.18 Å². The normalized spacial score (nSPS) is 20.3. The Labute approximate surface area is 93.4 Å². The average molecular weight is 220 g/mol. The number of hydrogen-bond donors (Lipinski definition) is 1. The standard InChI is InChI=1S/C13H13FO2/c14-12-7-5-10(6-8-12)9-1-3-11(4-2-9)13(15)16/h3,5-9H,1-2,4H2,(H,15,16). The first-order valence-corrected chi connectivity index (χ1v) is 5.34. The summed E-state index contributed by atoms with van der Waals surface area (Å²) in [5.41, 5.74) is 1.58. The maximum Gasteiger partial charge on any atom is 0.331 e. The topological polar surface area (TPSA) is 37.3 Å². The molecule has 0 aliphatic heterocycles. The molecule has 16 heavy (non-hydrogen) atoms. The molecule has 2 rings (SSSR count). The van der Waals surface area contributed by atoms with Crippen molar-refractivity contribution in [2.75, 3.05) is 0 Å². The van der Waals surface area contributed by atoms with Gasteiger partial charge >= 0.3 is 5.97 Å². The molecule has 3 heteroatoms. The molecule has 2 nitrogen and oxygen atoms in total. The van der Waals surface area contributed by atoms with Gasteiger partial charge in [-0.1, -0.05) is 18.2 Å². The Morgan fingerprint density at radius 3 is 2.50 bits per heavy atom. The maximum absolute atomic E-state index is 12.7. The second-order valence-corrected chi connectivity index (χ2v) is 4.06. The third kappa shape index (κ3) is 2.30. The first kappa shape index (κ1) is 10.9. The summed E-state index contributed by atoms with van der Waals surface area (Å²) in [5.74, 6) is -0.734. The molecule has 0 amide bonds. The summed E-state index contributed by atoms with van der Waals surface area (Å²) < 4.78 is 12.7. The van der Waals surface area contributed by atoms with Gasteiger partial charge in [0.1, 0.15) is 5.82 Å². The van der Waals surface area contributed by atoms with E-state index in [0.717, 1.165) is 18.4 Å². The molecule has 1 aliphatic rings. The van der Waals surface area contributed by atoms with Crippen LogP contribution in [-0.2, 0) is 4.79 Å². The molecule has 84 valence electrons. The Bertz CT molecular complexity index is 420. The number of carboxylic acids is 1. The summed E-state index contributed by atoms with van der Waals surface area (Å²) in [5, 5.41) is 8.81. The van der Waals surface area contributed by atoms with Gasteiger partial charge in [-0.3, -0.25) is 0 Å². The first-order chi connectivity index (χ1) is 7.66. The Balaban J connectivity index is 2.09. The van der Waals surface area contributed by atoms with Gasteiger partial charge in [0, 0.05) is 5.57 Å². The molecular formula is C13H13FO2. The SMILES string of the molecule is O=C(O)C1=CCC(c2ccc(F)cc2)CC1. The van der Waals surface area contributed by atoms with Gasteiger partial charge in [-0.2, -0.15) is 0 Å². The maximum atomic E-state index is 12.7. The van der Waals surface area contributed by atoms with E-state index < -0.39 is 5.97 Å². The summed E-state index contributed by atoms with van der Waals surface area (Å²) in [4.78, 5) is 10.7. The summed E-state index contributed by atoms with van der Waals surface area (Å²) in [6, 6.07) is 6.46. The number of aliphatic carboxylic acids is 1. The van der Waals surface area contributed by atoms with Crippen molar-refractivity contribution in [3.63, 3.8) is 0 Å². The van der Waals surface area contributed by atoms with Crippen LogP contribution in [0, 0.1) is 5.82 Å². The first-order valence-electron chi connectivity index (χ1n) is 5.34. The minimum atomic E-state index is -0.822. The van der Waals surface area contributed by atoms with Crippen LogP contribution >= 0.6 is 0 Å². The Hall–Kier alpha value is -1.64. The van der Waals surface area contributed by atoms with Crippen molar-refractivity contribution < 1.29 is 14.3 Å². The van der Waals surface area contributed by atoms with Gasteiger partial charge in [0.25, 0.3) is 0 Å². The van der Waals surface area contributed by atoms with Gasteiger partial charge in [0.15, 0.2) is 0 Å². The molecule has 0 saturated heterocycles. The van der Waals surface area contributed by atoms with Crippen LogP contribution in [0.2, 0.25) is 0 Å². The molecule has 1 unspecified atom stereocenters. The molecule has 0 heterocycles. The molecule has 0 radical (unpaired) electrons. The molecule has 0 saturated carbocycles. The van der Waals surface area contributed by atoms with Gasteiger partial charge in [0.2, 0.25) is 0 Å². The molecule has 1 aromatic rings. The highest BCUT2D eigenvalue weighted by Gasteiger charge is 2.19.